The second kappa shape index (κ2) is 3.00. The summed E-state index contributed by atoms with van der Waals surface area (Å²) in [5, 5.41) is 0. The van der Waals surface area contributed by atoms with Crippen LogP contribution >= 0.6 is 0 Å². The smallest absolute Gasteiger partial charge is 0.121 e. The van der Waals surface area contributed by atoms with Crippen LogP contribution in [0.1, 0.15) is 39.0 Å². The molecule has 1 atom stereocenters. The molecule has 0 amide bonds. The van der Waals surface area contributed by atoms with E-state index in [4.69, 9.17) is 4.74 Å². The van der Waals surface area contributed by atoms with Crippen LogP contribution in [0, 0.1) is 0 Å². The van der Waals surface area contributed by atoms with Crippen molar-refractivity contribution in [2.75, 3.05) is 13.6 Å². The quantitative estimate of drug-likeness (QED) is 0.550. The molecule has 12 heavy (non-hydrogen) atoms. The standard InChI is InChI=1S/C10H19NO/c1-9-8-11(2)10(12-9)6-4-3-5-7-10/h9H,3-8H2,1-2H3. The van der Waals surface area contributed by atoms with Gasteiger partial charge in [0.1, 0.15) is 5.72 Å². The highest BCUT2D eigenvalue weighted by Crippen LogP contribution is 2.38. The molecule has 0 N–H and O–H groups in total. The summed E-state index contributed by atoms with van der Waals surface area (Å²) in [6, 6.07) is 0. The second-order valence-electron chi connectivity index (χ2n) is 4.32. The number of ether oxygens (including phenoxy) is 1. The molecule has 0 bridgehead atoms. The van der Waals surface area contributed by atoms with Crippen LogP contribution in [0.5, 0.6) is 0 Å². The van der Waals surface area contributed by atoms with Crippen molar-refractivity contribution in [3.8, 4) is 0 Å². The Balaban J connectivity index is 2.08. The first-order chi connectivity index (χ1) is 5.73. The van der Waals surface area contributed by atoms with E-state index < -0.39 is 0 Å². The summed E-state index contributed by atoms with van der Waals surface area (Å²) in [5.74, 6) is 0. The van der Waals surface area contributed by atoms with Crippen molar-refractivity contribution in [2.45, 2.75) is 50.9 Å². The third kappa shape index (κ3) is 1.27. The zero-order valence-corrected chi connectivity index (χ0v) is 8.18. The molecule has 2 heteroatoms. The third-order valence-corrected chi connectivity index (χ3v) is 3.28. The van der Waals surface area contributed by atoms with E-state index in [1.165, 1.54) is 32.1 Å². The summed E-state index contributed by atoms with van der Waals surface area (Å²) in [4.78, 5) is 2.41. The van der Waals surface area contributed by atoms with Gasteiger partial charge in [0.25, 0.3) is 0 Å². The minimum atomic E-state index is 0.137. The molecule has 2 rings (SSSR count). The lowest BCUT2D eigenvalue weighted by Gasteiger charge is -2.38. The maximum Gasteiger partial charge on any atom is 0.121 e. The van der Waals surface area contributed by atoms with Gasteiger partial charge in [-0.2, -0.15) is 0 Å². The van der Waals surface area contributed by atoms with Crippen LogP contribution in [0.15, 0.2) is 0 Å². The van der Waals surface area contributed by atoms with Gasteiger partial charge < -0.3 is 4.74 Å². The molecular formula is C10H19NO. The van der Waals surface area contributed by atoms with Gasteiger partial charge in [0.2, 0.25) is 0 Å². The predicted octanol–water partition coefficient (Wildman–Crippen LogP) is 2.00. The highest BCUT2D eigenvalue weighted by Gasteiger charge is 2.43. The fourth-order valence-electron chi connectivity index (χ4n) is 2.66. The molecule has 1 spiro atoms. The number of hydrogen-bond acceptors (Lipinski definition) is 2. The van der Waals surface area contributed by atoms with Gasteiger partial charge in [0.05, 0.1) is 6.10 Å². The topological polar surface area (TPSA) is 12.5 Å². The van der Waals surface area contributed by atoms with Crippen molar-refractivity contribution in [2.24, 2.45) is 0 Å². The maximum absolute atomic E-state index is 6.03. The SMILES string of the molecule is CC1CN(C)C2(CCCCC2)O1. The molecule has 0 aromatic rings. The lowest BCUT2D eigenvalue weighted by atomic mass is 9.91. The van der Waals surface area contributed by atoms with Crippen LogP contribution in [0.2, 0.25) is 0 Å². The number of likely N-dealkylation sites (N-methyl/N-ethyl adjacent to an activating group) is 1. The van der Waals surface area contributed by atoms with E-state index in [0.717, 1.165) is 6.54 Å². The summed E-state index contributed by atoms with van der Waals surface area (Å²) in [7, 11) is 2.20. The van der Waals surface area contributed by atoms with E-state index >= 15 is 0 Å². The van der Waals surface area contributed by atoms with E-state index in [0.29, 0.717) is 6.10 Å². The Kier molecular flexibility index (Phi) is 2.13. The van der Waals surface area contributed by atoms with Crippen LogP contribution in [0.3, 0.4) is 0 Å². The first kappa shape index (κ1) is 8.52. The van der Waals surface area contributed by atoms with E-state index in [1.807, 2.05) is 0 Å². The first-order valence-electron chi connectivity index (χ1n) is 5.12. The van der Waals surface area contributed by atoms with Crippen LogP contribution in [-0.4, -0.2) is 30.3 Å². The average molecular weight is 169 g/mol. The fourth-order valence-corrected chi connectivity index (χ4v) is 2.66. The third-order valence-electron chi connectivity index (χ3n) is 3.28. The van der Waals surface area contributed by atoms with Gasteiger partial charge in [0, 0.05) is 6.54 Å². The molecule has 0 radical (unpaired) electrons. The van der Waals surface area contributed by atoms with E-state index in [1.54, 1.807) is 0 Å². The number of hydrogen-bond donors (Lipinski definition) is 0. The minimum Gasteiger partial charge on any atom is -0.356 e. The van der Waals surface area contributed by atoms with Crippen LogP contribution < -0.4 is 0 Å². The second-order valence-corrected chi connectivity index (χ2v) is 4.32. The van der Waals surface area contributed by atoms with Crippen molar-refractivity contribution in [3.05, 3.63) is 0 Å². The molecule has 2 nitrogen and oxygen atoms in total. The summed E-state index contributed by atoms with van der Waals surface area (Å²) in [6.45, 7) is 3.29. The molecule has 70 valence electrons. The molecule has 2 aliphatic rings. The predicted molar refractivity (Wildman–Crippen MR) is 49.0 cm³/mol. The molecule has 1 unspecified atom stereocenters. The van der Waals surface area contributed by atoms with Crippen molar-refractivity contribution in [3.63, 3.8) is 0 Å². The maximum atomic E-state index is 6.03. The van der Waals surface area contributed by atoms with Crippen molar-refractivity contribution >= 4 is 0 Å². The van der Waals surface area contributed by atoms with Crippen molar-refractivity contribution < 1.29 is 4.74 Å². The van der Waals surface area contributed by atoms with Gasteiger partial charge in [-0.05, 0) is 39.7 Å². The van der Waals surface area contributed by atoms with Gasteiger partial charge in [0.15, 0.2) is 0 Å². The highest BCUT2D eigenvalue weighted by molar-refractivity contribution is 4.89. The monoisotopic (exact) mass is 169 g/mol. The Bertz CT molecular complexity index is 163. The average Bonchev–Trinajstić information content (AvgIpc) is 2.29. The van der Waals surface area contributed by atoms with Crippen LogP contribution in [0.25, 0.3) is 0 Å². The van der Waals surface area contributed by atoms with Crippen molar-refractivity contribution in [1.29, 1.82) is 0 Å². The zero-order valence-electron chi connectivity index (χ0n) is 8.18. The Morgan fingerprint density at radius 1 is 1.25 bits per heavy atom. The van der Waals surface area contributed by atoms with Gasteiger partial charge in [-0.25, -0.2) is 0 Å². The van der Waals surface area contributed by atoms with Crippen LogP contribution in [-0.2, 0) is 4.74 Å². The lowest BCUT2D eigenvalue weighted by molar-refractivity contribution is -0.115. The van der Waals surface area contributed by atoms with Gasteiger partial charge in [-0.15, -0.1) is 0 Å². The molecule has 1 heterocycles. The van der Waals surface area contributed by atoms with Crippen molar-refractivity contribution in [1.82, 2.24) is 4.90 Å². The summed E-state index contributed by atoms with van der Waals surface area (Å²) >= 11 is 0. The molecular weight excluding hydrogens is 150 g/mol. The Labute approximate surface area is 74.9 Å². The van der Waals surface area contributed by atoms with E-state index in [2.05, 4.69) is 18.9 Å². The molecule has 0 aromatic heterocycles. The molecule has 1 saturated carbocycles. The van der Waals surface area contributed by atoms with E-state index in [9.17, 15) is 0 Å². The van der Waals surface area contributed by atoms with Gasteiger partial charge in [-0.1, -0.05) is 6.42 Å². The molecule has 1 aliphatic carbocycles. The normalized spacial score (nSPS) is 36.0. The Morgan fingerprint density at radius 3 is 2.42 bits per heavy atom. The molecule has 1 saturated heterocycles. The Hall–Kier alpha value is -0.0800. The molecule has 0 aromatic carbocycles. The number of rotatable bonds is 0. The fraction of sp³-hybridized carbons (Fsp3) is 1.00. The summed E-state index contributed by atoms with van der Waals surface area (Å²) in [6.07, 6.45) is 7.01. The van der Waals surface area contributed by atoms with E-state index in [-0.39, 0.29) is 5.72 Å². The minimum absolute atomic E-state index is 0.137. The summed E-state index contributed by atoms with van der Waals surface area (Å²) in [5.41, 5.74) is 0.137. The summed E-state index contributed by atoms with van der Waals surface area (Å²) < 4.78 is 6.03. The Morgan fingerprint density at radius 2 is 1.92 bits per heavy atom. The first-order valence-corrected chi connectivity index (χ1v) is 5.12. The molecule has 2 fully saturated rings. The zero-order chi connectivity index (χ0) is 8.60. The number of nitrogens with zero attached hydrogens (tertiary/aromatic N) is 1. The van der Waals surface area contributed by atoms with Gasteiger partial charge in [-0.3, -0.25) is 4.90 Å². The van der Waals surface area contributed by atoms with Crippen LogP contribution in [0.4, 0.5) is 0 Å². The highest BCUT2D eigenvalue weighted by atomic mass is 16.5. The lowest BCUT2D eigenvalue weighted by Crippen LogP contribution is -2.44. The molecule has 1 aliphatic heterocycles. The largest absolute Gasteiger partial charge is 0.356 e. The van der Waals surface area contributed by atoms with Gasteiger partial charge >= 0.3 is 0 Å².